The zero-order chi connectivity index (χ0) is 15.1. The lowest BCUT2D eigenvalue weighted by molar-refractivity contribution is 0.0744. The van der Waals surface area contributed by atoms with Crippen molar-refractivity contribution < 1.29 is 4.79 Å². The normalized spacial score (nSPS) is 12.1. The first-order valence-corrected chi connectivity index (χ1v) is 8.47. The quantitative estimate of drug-likeness (QED) is 0.838. The molecule has 112 valence electrons. The summed E-state index contributed by atoms with van der Waals surface area (Å²) >= 11 is 7.86. The van der Waals surface area contributed by atoms with E-state index in [-0.39, 0.29) is 11.9 Å². The number of carbonyl (C=O) groups is 1. The number of aromatic nitrogens is 1. The molecular formula is C14H22ClN3OS. The molecule has 0 saturated carbocycles. The maximum absolute atomic E-state index is 12.6. The van der Waals surface area contributed by atoms with E-state index < -0.39 is 0 Å². The van der Waals surface area contributed by atoms with Gasteiger partial charge in [-0.2, -0.15) is 11.8 Å². The van der Waals surface area contributed by atoms with Crippen molar-refractivity contribution in [2.24, 2.45) is 0 Å². The second kappa shape index (κ2) is 8.37. The highest BCUT2D eigenvalue weighted by molar-refractivity contribution is 7.98. The standard InChI is InChI=1S/C14H22ClN3OS/c1-5-10(9-20-4)18(3)14(19)11-7-13(16-6-2)17-8-12(11)15/h7-8,10H,5-6,9H2,1-4H3,(H,16,17). The molecule has 0 fully saturated rings. The van der Waals surface area contributed by atoms with Crippen LogP contribution in [0.1, 0.15) is 30.6 Å². The third kappa shape index (κ3) is 4.28. The van der Waals surface area contributed by atoms with Crippen LogP contribution in [0.5, 0.6) is 0 Å². The van der Waals surface area contributed by atoms with Crippen LogP contribution in [0, 0.1) is 0 Å². The molecule has 1 N–H and O–H groups in total. The third-order valence-corrected chi connectivity index (χ3v) is 4.16. The van der Waals surface area contributed by atoms with Gasteiger partial charge in [0.1, 0.15) is 5.82 Å². The Morgan fingerprint density at radius 3 is 2.80 bits per heavy atom. The number of nitrogens with one attached hydrogen (secondary N) is 1. The second-order valence-electron chi connectivity index (χ2n) is 4.51. The van der Waals surface area contributed by atoms with E-state index in [1.54, 1.807) is 22.7 Å². The highest BCUT2D eigenvalue weighted by Crippen LogP contribution is 2.21. The van der Waals surface area contributed by atoms with Crippen molar-refractivity contribution in [3.63, 3.8) is 0 Å². The van der Waals surface area contributed by atoms with Gasteiger partial charge in [0.2, 0.25) is 0 Å². The van der Waals surface area contributed by atoms with Gasteiger partial charge in [0.05, 0.1) is 10.6 Å². The van der Waals surface area contributed by atoms with Crippen LogP contribution in [0.2, 0.25) is 5.02 Å². The fraction of sp³-hybridized carbons (Fsp3) is 0.571. The molecule has 0 radical (unpaired) electrons. The molecule has 1 amide bonds. The molecule has 1 aromatic rings. The summed E-state index contributed by atoms with van der Waals surface area (Å²) in [6.07, 6.45) is 4.49. The van der Waals surface area contributed by atoms with Gasteiger partial charge in [-0.1, -0.05) is 18.5 Å². The SMILES string of the molecule is CCNc1cc(C(=O)N(C)C(CC)CSC)c(Cl)cn1. The fourth-order valence-electron chi connectivity index (χ4n) is 1.93. The number of pyridine rings is 1. The lowest BCUT2D eigenvalue weighted by atomic mass is 10.1. The average Bonchev–Trinajstić information content (AvgIpc) is 2.45. The van der Waals surface area contributed by atoms with Crippen molar-refractivity contribution in [2.45, 2.75) is 26.3 Å². The summed E-state index contributed by atoms with van der Waals surface area (Å²) in [6.45, 7) is 4.82. The number of thioether (sulfide) groups is 1. The van der Waals surface area contributed by atoms with Crippen molar-refractivity contribution in [2.75, 3.05) is 30.9 Å². The molecule has 20 heavy (non-hydrogen) atoms. The Morgan fingerprint density at radius 1 is 1.55 bits per heavy atom. The van der Waals surface area contributed by atoms with Crippen molar-refractivity contribution >= 4 is 35.1 Å². The van der Waals surface area contributed by atoms with Crippen LogP contribution in [0.3, 0.4) is 0 Å². The maximum Gasteiger partial charge on any atom is 0.255 e. The van der Waals surface area contributed by atoms with Gasteiger partial charge in [0, 0.05) is 31.6 Å². The Bertz CT molecular complexity index is 456. The monoisotopic (exact) mass is 315 g/mol. The Kier molecular flexibility index (Phi) is 7.16. The first-order chi connectivity index (χ1) is 9.54. The van der Waals surface area contributed by atoms with E-state index in [4.69, 9.17) is 11.6 Å². The number of halogens is 1. The highest BCUT2D eigenvalue weighted by atomic mass is 35.5. The molecule has 0 aliphatic heterocycles. The first kappa shape index (κ1) is 17.1. The van der Waals surface area contributed by atoms with E-state index in [0.29, 0.717) is 16.4 Å². The third-order valence-electron chi connectivity index (χ3n) is 3.14. The van der Waals surface area contributed by atoms with Crippen LogP contribution in [0.4, 0.5) is 5.82 Å². The minimum absolute atomic E-state index is 0.0579. The van der Waals surface area contributed by atoms with Crippen LogP contribution < -0.4 is 5.32 Å². The molecule has 1 aromatic heterocycles. The Hall–Kier alpha value is -0.940. The lowest BCUT2D eigenvalue weighted by Crippen LogP contribution is -2.38. The number of nitrogens with zero attached hydrogens (tertiary/aromatic N) is 2. The summed E-state index contributed by atoms with van der Waals surface area (Å²) in [5, 5.41) is 3.48. The maximum atomic E-state index is 12.6. The zero-order valence-electron chi connectivity index (χ0n) is 12.4. The van der Waals surface area contributed by atoms with Gasteiger partial charge in [0.15, 0.2) is 0 Å². The largest absolute Gasteiger partial charge is 0.370 e. The number of rotatable bonds is 7. The average molecular weight is 316 g/mol. The molecular weight excluding hydrogens is 294 g/mol. The number of hydrogen-bond donors (Lipinski definition) is 1. The molecule has 1 unspecified atom stereocenters. The van der Waals surface area contributed by atoms with Crippen molar-refractivity contribution in [3.05, 3.63) is 22.8 Å². The van der Waals surface area contributed by atoms with Crippen LogP contribution >= 0.6 is 23.4 Å². The van der Waals surface area contributed by atoms with Crippen LogP contribution in [0.25, 0.3) is 0 Å². The molecule has 0 spiro atoms. The van der Waals surface area contributed by atoms with E-state index in [9.17, 15) is 4.79 Å². The molecule has 0 aromatic carbocycles. The van der Waals surface area contributed by atoms with Crippen LogP contribution in [0.15, 0.2) is 12.3 Å². The smallest absolute Gasteiger partial charge is 0.255 e. The van der Waals surface area contributed by atoms with E-state index in [2.05, 4.69) is 17.2 Å². The van der Waals surface area contributed by atoms with Gasteiger partial charge in [-0.25, -0.2) is 4.98 Å². The number of hydrogen-bond acceptors (Lipinski definition) is 4. The van der Waals surface area contributed by atoms with Gasteiger partial charge in [0.25, 0.3) is 5.91 Å². The van der Waals surface area contributed by atoms with Gasteiger partial charge >= 0.3 is 0 Å². The van der Waals surface area contributed by atoms with Crippen molar-refractivity contribution in [1.29, 1.82) is 0 Å². The molecule has 0 saturated heterocycles. The Balaban J connectivity index is 2.97. The summed E-state index contributed by atoms with van der Waals surface area (Å²) in [5.74, 6) is 1.53. The van der Waals surface area contributed by atoms with Crippen molar-refractivity contribution in [3.8, 4) is 0 Å². The first-order valence-electron chi connectivity index (χ1n) is 6.70. The van der Waals surface area contributed by atoms with Crippen LogP contribution in [-0.2, 0) is 0 Å². The molecule has 1 atom stereocenters. The summed E-state index contributed by atoms with van der Waals surface area (Å²) in [5.41, 5.74) is 0.500. The topological polar surface area (TPSA) is 45.2 Å². The molecule has 0 bridgehead atoms. The van der Waals surface area contributed by atoms with Gasteiger partial charge < -0.3 is 10.2 Å². The highest BCUT2D eigenvalue weighted by Gasteiger charge is 2.22. The predicted octanol–water partition coefficient (Wildman–Crippen LogP) is 3.38. The lowest BCUT2D eigenvalue weighted by Gasteiger charge is -2.27. The molecule has 6 heteroatoms. The van der Waals surface area contributed by atoms with Crippen molar-refractivity contribution in [1.82, 2.24) is 9.88 Å². The van der Waals surface area contributed by atoms with E-state index in [1.165, 1.54) is 6.20 Å². The molecule has 0 aliphatic rings. The van der Waals surface area contributed by atoms with E-state index in [1.807, 2.05) is 20.2 Å². The Morgan fingerprint density at radius 2 is 2.25 bits per heavy atom. The molecule has 1 heterocycles. The number of anilines is 1. The summed E-state index contributed by atoms with van der Waals surface area (Å²) in [4.78, 5) is 18.5. The summed E-state index contributed by atoms with van der Waals surface area (Å²) in [7, 11) is 1.83. The van der Waals surface area contributed by atoms with Gasteiger partial charge in [-0.3, -0.25) is 4.79 Å². The van der Waals surface area contributed by atoms with E-state index in [0.717, 1.165) is 18.7 Å². The minimum atomic E-state index is -0.0579. The predicted molar refractivity (Wildman–Crippen MR) is 88.0 cm³/mol. The summed E-state index contributed by atoms with van der Waals surface area (Å²) in [6, 6.07) is 1.93. The van der Waals surface area contributed by atoms with Gasteiger partial charge in [-0.05, 0) is 25.7 Å². The van der Waals surface area contributed by atoms with Gasteiger partial charge in [-0.15, -0.1) is 0 Å². The molecule has 1 rings (SSSR count). The zero-order valence-corrected chi connectivity index (χ0v) is 14.0. The second-order valence-corrected chi connectivity index (χ2v) is 5.83. The molecule has 4 nitrogen and oxygen atoms in total. The minimum Gasteiger partial charge on any atom is -0.370 e. The van der Waals surface area contributed by atoms with E-state index >= 15 is 0 Å². The summed E-state index contributed by atoms with van der Waals surface area (Å²) < 4.78 is 0. The Labute approximate surface area is 130 Å². The van der Waals surface area contributed by atoms with Crippen LogP contribution in [-0.4, -0.2) is 47.4 Å². The molecule has 0 aliphatic carbocycles. The fourth-order valence-corrected chi connectivity index (χ4v) is 2.96. The number of amides is 1. The number of carbonyl (C=O) groups excluding carboxylic acids is 1.